The van der Waals surface area contributed by atoms with Crippen molar-refractivity contribution in [3.63, 3.8) is 0 Å². The number of fused-ring (bicyclic) bond motifs is 2. The fraction of sp³-hybridized carbons (Fsp3) is 0.0909. The van der Waals surface area contributed by atoms with Crippen LogP contribution in [-0.2, 0) is 0 Å². The molecule has 0 aliphatic carbocycles. The molecule has 0 aliphatic rings. The van der Waals surface area contributed by atoms with Crippen LogP contribution in [0.3, 0.4) is 0 Å². The van der Waals surface area contributed by atoms with Crippen LogP contribution in [0.1, 0.15) is 18.8 Å². The van der Waals surface area contributed by atoms with Gasteiger partial charge in [-0.3, -0.25) is 9.36 Å². The minimum absolute atomic E-state index is 0.216. The van der Waals surface area contributed by atoms with Gasteiger partial charge in [0.15, 0.2) is 5.82 Å². The van der Waals surface area contributed by atoms with Gasteiger partial charge in [0.1, 0.15) is 11.3 Å². The summed E-state index contributed by atoms with van der Waals surface area (Å²) >= 11 is 6.35. The average Bonchev–Trinajstić information content (AvgIpc) is 3.24. The summed E-state index contributed by atoms with van der Waals surface area (Å²) in [5.41, 5.74) is 2.65. The number of pyridine rings is 1. The molecule has 1 atom stereocenters. The Morgan fingerprint density at radius 1 is 1.07 bits per heavy atom. The average molecular weight is 417 g/mol. The maximum Gasteiger partial charge on any atom is 0.267 e. The maximum absolute atomic E-state index is 13.5. The van der Waals surface area contributed by atoms with E-state index >= 15 is 0 Å². The summed E-state index contributed by atoms with van der Waals surface area (Å²) in [6.45, 7) is 1.94. The number of anilines is 1. The minimum Gasteiger partial charge on any atom is -0.359 e. The van der Waals surface area contributed by atoms with Crippen LogP contribution in [0.15, 0.2) is 71.9 Å². The lowest BCUT2D eigenvalue weighted by atomic mass is 10.2. The third-order valence-electron chi connectivity index (χ3n) is 4.97. The molecule has 0 fully saturated rings. The van der Waals surface area contributed by atoms with E-state index in [1.165, 1.54) is 0 Å². The van der Waals surface area contributed by atoms with Gasteiger partial charge in [0.2, 0.25) is 0 Å². The fourth-order valence-corrected chi connectivity index (χ4v) is 3.82. The third-order valence-corrected chi connectivity index (χ3v) is 5.28. The monoisotopic (exact) mass is 416 g/mol. The second kappa shape index (κ2) is 7.27. The number of hydrogen-bond donors (Lipinski definition) is 2. The smallest absolute Gasteiger partial charge is 0.267 e. The lowest BCUT2D eigenvalue weighted by Gasteiger charge is -2.20. The number of nitrogens with zero attached hydrogens (tertiary/aromatic N) is 4. The minimum atomic E-state index is -0.337. The Labute approximate surface area is 176 Å². The first-order valence-corrected chi connectivity index (χ1v) is 9.82. The van der Waals surface area contributed by atoms with Crippen molar-refractivity contribution >= 4 is 39.4 Å². The molecule has 0 saturated heterocycles. The normalized spacial score (nSPS) is 12.3. The molecule has 0 unspecified atom stereocenters. The first kappa shape index (κ1) is 18.3. The molecule has 3 heterocycles. The van der Waals surface area contributed by atoms with Gasteiger partial charge in [-0.15, -0.1) is 0 Å². The van der Waals surface area contributed by atoms with Gasteiger partial charge in [-0.05, 0) is 37.3 Å². The predicted octanol–water partition coefficient (Wildman–Crippen LogP) is 4.48. The zero-order chi connectivity index (χ0) is 20.7. The van der Waals surface area contributed by atoms with Gasteiger partial charge < -0.3 is 10.3 Å². The van der Waals surface area contributed by atoms with E-state index in [0.29, 0.717) is 33.3 Å². The molecule has 0 amide bonds. The van der Waals surface area contributed by atoms with Crippen LogP contribution in [0.25, 0.3) is 27.6 Å². The third kappa shape index (κ3) is 3.00. The van der Waals surface area contributed by atoms with Crippen LogP contribution >= 0.6 is 11.6 Å². The van der Waals surface area contributed by atoms with Gasteiger partial charge in [0, 0.05) is 6.20 Å². The highest BCUT2D eigenvalue weighted by Gasteiger charge is 2.20. The zero-order valence-corrected chi connectivity index (χ0v) is 16.8. The maximum atomic E-state index is 13.5. The van der Waals surface area contributed by atoms with E-state index in [2.05, 4.69) is 20.3 Å². The summed E-state index contributed by atoms with van der Waals surface area (Å²) in [6, 6.07) is 16.2. The molecule has 0 aliphatic heterocycles. The van der Waals surface area contributed by atoms with E-state index in [-0.39, 0.29) is 11.6 Å². The summed E-state index contributed by atoms with van der Waals surface area (Å²) in [6.07, 6.45) is 3.33. The second-order valence-electron chi connectivity index (χ2n) is 6.90. The zero-order valence-electron chi connectivity index (χ0n) is 16.0. The van der Waals surface area contributed by atoms with Crippen molar-refractivity contribution in [1.29, 1.82) is 0 Å². The number of aromatic nitrogens is 5. The van der Waals surface area contributed by atoms with Gasteiger partial charge in [0.05, 0.1) is 39.5 Å². The van der Waals surface area contributed by atoms with Crippen molar-refractivity contribution in [3.05, 3.63) is 88.3 Å². The van der Waals surface area contributed by atoms with E-state index in [4.69, 9.17) is 16.6 Å². The molecule has 3 aromatic heterocycles. The largest absolute Gasteiger partial charge is 0.359 e. The van der Waals surface area contributed by atoms with E-state index in [1.54, 1.807) is 35.3 Å². The molecule has 5 aromatic rings. The van der Waals surface area contributed by atoms with Crippen LogP contribution in [0.2, 0.25) is 5.02 Å². The number of para-hydroxylation sites is 1. The van der Waals surface area contributed by atoms with Crippen molar-refractivity contribution in [3.8, 4) is 5.69 Å². The lowest BCUT2D eigenvalue weighted by molar-refractivity contribution is 0.732. The number of halogens is 1. The van der Waals surface area contributed by atoms with E-state index in [0.717, 1.165) is 11.0 Å². The molecule has 0 spiro atoms. The Balaban J connectivity index is 1.71. The summed E-state index contributed by atoms with van der Waals surface area (Å²) in [5.74, 6) is 1.16. The number of H-pyrrole nitrogens is 1. The number of aromatic amines is 1. The SMILES string of the molecule is C[C@H](Nc1nccc2[nH]cnc12)c1nc2cccc(Cl)c2c(=O)n1-c1ccccc1. The fourth-order valence-electron chi connectivity index (χ4n) is 3.57. The van der Waals surface area contributed by atoms with Crippen molar-refractivity contribution < 1.29 is 0 Å². The Morgan fingerprint density at radius 3 is 2.73 bits per heavy atom. The van der Waals surface area contributed by atoms with Gasteiger partial charge >= 0.3 is 0 Å². The number of imidazole rings is 1. The van der Waals surface area contributed by atoms with Crippen molar-refractivity contribution in [2.75, 3.05) is 5.32 Å². The number of rotatable bonds is 4. The topological polar surface area (TPSA) is 88.5 Å². The molecule has 8 heteroatoms. The Hall–Kier alpha value is -3.71. The predicted molar refractivity (Wildman–Crippen MR) is 118 cm³/mol. The van der Waals surface area contributed by atoms with Gasteiger partial charge in [-0.25, -0.2) is 15.0 Å². The summed E-state index contributed by atoms with van der Waals surface area (Å²) < 4.78 is 1.59. The highest BCUT2D eigenvalue weighted by Crippen LogP contribution is 2.26. The van der Waals surface area contributed by atoms with Gasteiger partial charge in [-0.2, -0.15) is 0 Å². The molecular formula is C22H17ClN6O. The Kier molecular flexibility index (Phi) is 4.44. The number of benzene rings is 2. The highest BCUT2D eigenvalue weighted by molar-refractivity contribution is 6.35. The molecule has 5 rings (SSSR count). The highest BCUT2D eigenvalue weighted by atomic mass is 35.5. The van der Waals surface area contributed by atoms with E-state index < -0.39 is 0 Å². The van der Waals surface area contributed by atoms with Crippen molar-refractivity contribution in [2.24, 2.45) is 0 Å². The van der Waals surface area contributed by atoms with Crippen molar-refractivity contribution in [1.82, 2.24) is 24.5 Å². The van der Waals surface area contributed by atoms with Crippen LogP contribution in [-0.4, -0.2) is 24.5 Å². The Bertz CT molecular complexity index is 1430. The molecule has 2 N–H and O–H groups in total. The van der Waals surface area contributed by atoms with Crippen LogP contribution in [0.5, 0.6) is 0 Å². The molecule has 7 nitrogen and oxygen atoms in total. The van der Waals surface area contributed by atoms with E-state index in [1.807, 2.05) is 43.3 Å². The standard InChI is InChI=1S/C22H17ClN6O/c1-13(27-20-19-17(10-11-24-20)25-12-26-19)21-28-16-9-5-8-15(23)18(16)22(30)29(21)14-6-3-2-4-7-14/h2-13H,1H3,(H,24,27)(H,25,26)/t13-/m0/s1. The van der Waals surface area contributed by atoms with Crippen LogP contribution < -0.4 is 10.9 Å². The molecule has 0 radical (unpaired) electrons. The summed E-state index contributed by atoms with van der Waals surface area (Å²) in [7, 11) is 0. The molecule has 30 heavy (non-hydrogen) atoms. The lowest BCUT2D eigenvalue weighted by Crippen LogP contribution is -2.27. The molecule has 0 bridgehead atoms. The first-order chi connectivity index (χ1) is 14.6. The first-order valence-electron chi connectivity index (χ1n) is 9.44. The van der Waals surface area contributed by atoms with Gasteiger partial charge in [0.25, 0.3) is 5.56 Å². The number of nitrogens with one attached hydrogen (secondary N) is 2. The summed E-state index contributed by atoms with van der Waals surface area (Å²) in [4.78, 5) is 30.1. The van der Waals surface area contributed by atoms with Gasteiger partial charge in [-0.1, -0.05) is 35.9 Å². The molecule has 148 valence electrons. The molecule has 0 saturated carbocycles. The van der Waals surface area contributed by atoms with Crippen LogP contribution in [0.4, 0.5) is 5.82 Å². The summed E-state index contributed by atoms with van der Waals surface area (Å²) in [5, 5.41) is 4.13. The van der Waals surface area contributed by atoms with E-state index in [9.17, 15) is 4.79 Å². The Morgan fingerprint density at radius 2 is 1.90 bits per heavy atom. The number of hydrogen-bond acceptors (Lipinski definition) is 5. The van der Waals surface area contributed by atoms with Crippen LogP contribution in [0, 0.1) is 0 Å². The second-order valence-corrected chi connectivity index (χ2v) is 7.31. The van der Waals surface area contributed by atoms with Crippen molar-refractivity contribution in [2.45, 2.75) is 13.0 Å². The molecular weight excluding hydrogens is 400 g/mol. The quantitative estimate of drug-likeness (QED) is 0.451. The molecule has 2 aromatic carbocycles.